The van der Waals surface area contributed by atoms with Crippen molar-refractivity contribution in [2.75, 3.05) is 31.6 Å². The first-order chi connectivity index (χ1) is 14.7. The van der Waals surface area contributed by atoms with Crippen molar-refractivity contribution >= 4 is 22.8 Å². The zero-order valence-electron chi connectivity index (χ0n) is 17.5. The van der Waals surface area contributed by atoms with Crippen LogP contribution in [0.15, 0.2) is 42.6 Å². The van der Waals surface area contributed by atoms with Crippen LogP contribution >= 0.6 is 0 Å². The van der Waals surface area contributed by atoms with Crippen LogP contribution in [0.2, 0.25) is 0 Å². The van der Waals surface area contributed by atoms with Gasteiger partial charge in [-0.05, 0) is 36.2 Å². The molecule has 2 aromatic heterocycles. The van der Waals surface area contributed by atoms with Crippen molar-refractivity contribution in [2.45, 2.75) is 39.3 Å². The Kier molecular flexibility index (Phi) is 6.71. The Morgan fingerprint density at radius 2 is 1.97 bits per heavy atom. The summed E-state index contributed by atoms with van der Waals surface area (Å²) in [5.41, 5.74) is 3.85. The largest absolute Gasteiger partial charge is 0.379 e. The van der Waals surface area contributed by atoms with Crippen molar-refractivity contribution in [3.63, 3.8) is 0 Å². The molecule has 0 radical (unpaired) electrons. The summed E-state index contributed by atoms with van der Waals surface area (Å²) in [5.74, 6) is 0.917. The van der Waals surface area contributed by atoms with Crippen LogP contribution in [0.4, 0.5) is 5.69 Å². The molecule has 1 fully saturated rings. The van der Waals surface area contributed by atoms with Crippen LogP contribution in [0.5, 0.6) is 0 Å². The van der Waals surface area contributed by atoms with Gasteiger partial charge in [-0.2, -0.15) is 0 Å². The first kappa shape index (κ1) is 20.5. The quantitative estimate of drug-likeness (QED) is 0.621. The van der Waals surface area contributed by atoms with E-state index in [1.165, 1.54) is 5.56 Å². The molecule has 0 atom stereocenters. The molecule has 3 heterocycles. The summed E-state index contributed by atoms with van der Waals surface area (Å²) in [7, 11) is 0. The van der Waals surface area contributed by atoms with Gasteiger partial charge in [0.15, 0.2) is 5.65 Å². The molecule has 1 amide bonds. The second kappa shape index (κ2) is 9.82. The van der Waals surface area contributed by atoms with Crippen molar-refractivity contribution in [3.8, 4) is 0 Å². The molecule has 4 rings (SSSR count). The van der Waals surface area contributed by atoms with E-state index in [1.807, 2.05) is 24.3 Å². The van der Waals surface area contributed by atoms with Gasteiger partial charge >= 0.3 is 0 Å². The van der Waals surface area contributed by atoms with Gasteiger partial charge in [0.05, 0.1) is 13.2 Å². The fraction of sp³-hybridized carbons (Fsp3) is 0.435. The number of imidazole rings is 1. The zero-order chi connectivity index (χ0) is 20.8. The van der Waals surface area contributed by atoms with Crippen LogP contribution in [-0.2, 0) is 29.0 Å². The Morgan fingerprint density at radius 1 is 1.17 bits per heavy atom. The van der Waals surface area contributed by atoms with Crippen molar-refractivity contribution < 1.29 is 9.53 Å². The number of hydrogen-bond donors (Lipinski definition) is 1. The van der Waals surface area contributed by atoms with Crippen molar-refractivity contribution in [1.82, 2.24) is 19.4 Å². The highest BCUT2D eigenvalue weighted by Crippen LogP contribution is 2.17. The maximum absolute atomic E-state index is 12.5. The summed E-state index contributed by atoms with van der Waals surface area (Å²) in [6.45, 7) is 7.45. The third kappa shape index (κ3) is 5.04. The Hall–Kier alpha value is -2.77. The highest BCUT2D eigenvalue weighted by Gasteiger charge is 2.13. The average molecular weight is 408 g/mol. The van der Waals surface area contributed by atoms with E-state index in [0.717, 1.165) is 68.5 Å². The SMILES string of the molecule is CCCn1c(CCC(=O)Nc2ccc(CN3CCOCC3)cc2)nc2cccnc21. The molecule has 1 aliphatic rings. The standard InChI is InChI=1S/C23H29N5O2/c1-2-12-28-21(26-20-4-3-11-24-23(20)28)9-10-22(29)25-19-7-5-18(6-8-19)17-27-13-15-30-16-14-27/h3-8,11H,2,9-10,12-17H2,1H3,(H,25,29). The first-order valence-corrected chi connectivity index (χ1v) is 10.7. The zero-order valence-corrected chi connectivity index (χ0v) is 17.5. The number of ether oxygens (including phenoxy) is 1. The molecule has 7 nitrogen and oxygen atoms in total. The lowest BCUT2D eigenvalue weighted by molar-refractivity contribution is -0.116. The van der Waals surface area contributed by atoms with E-state index >= 15 is 0 Å². The van der Waals surface area contributed by atoms with E-state index in [0.29, 0.717) is 12.8 Å². The number of anilines is 1. The van der Waals surface area contributed by atoms with Gasteiger partial charge in [-0.25, -0.2) is 9.97 Å². The normalized spacial score (nSPS) is 14.8. The van der Waals surface area contributed by atoms with Gasteiger partial charge in [0, 0.05) is 50.9 Å². The molecular formula is C23H29N5O2. The number of fused-ring (bicyclic) bond motifs is 1. The van der Waals surface area contributed by atoms with E-state index in [-0.39, 0.29) is 5.91 Å². The Bertz CT molecular complexity index is 977. The number of amides is 1. The number of carbonyl (C=O) groups excluding carboxylic acids is 1. The number of aryl methyl sites for hydroxylation is 2. The topological polar surface area (TPSA) is 72.3 Å². The summed E-state index contributed by atoms with van der Waals surface area (Å²) in [6.07, 6.45) is 3.77. The summed E-state index contributed by atoms with van der Waals surface area (Å²) < 4.78 is 7.52. The van der Waals surface area contributed by atoms with Gasteiger partial charge in [-0.3, -0.25) is 9.69 Å². The molecule has 7 heteroatoms. The molecule has 1 aromatic carbocycles. The third-order valence-electron chi connectivity index (χ3n) is 5.35. The molecule has 0 aliphatic carbocycles. The Labute approximate surface area is 177 Å². The van der Waals surface area contributed by atoms with Crippen LogP contribution in [0.25, 0.3) is 11.2 Å². The molecule has 0 unspecified atom stereocenters. The average Bonchev–Trinajstić information content (AvgIpc) is 3.12. The minimum absolute atomic E-state index is 0.000932. The summed E-state index contributed by atoms with van der Waals surface area (Å²) in [5, 5.41) is 3.00. The van der Waals surface area contributed by atoms with E-state index in [4.69, 9.17) is 4.74 Å². The summed E-state index contributed by atoms with van der Waals surface area (Å²) in [6, 6.07) is 12.0. The first-order valence-electron chi connectivity index (χ1n) is 10.7. The van der Waals surface area contributed by atoms with Crippen LogP contribution in [0.1, 0.15) is 31.2 Å². The van der Waals surface area contributed by atoms with Crippen molar-refractivity contribution in [3.05, 3.63) is 54.0 Å². The smallest absolute Gasteiger partial charge is 0.224 e. The van der Waals surface area contributed by atoms with Gasteiger partial charge in [0.25, 0.3) is 0 Å². The maximum Gasteiger partial charge on any atom is 0.224 e. The molecule has 1 N–H and O–H groups in total. The van der Waals surface area contributed by atoms with Crippen molar-refractivity contribution in [2.24, 2.45) is 0 Å². The van der Waals surface area contributed by atoms with Gasteiger partial charge < -0.3 is 14.6 Å². The molecule has 0 saturated carbocycles. The Balaban J connectivity index is 1.32. The summed E-state index contributed by atoms with van der Waals surface area (Å²) in [4.78, 5) is 24.0. The predicted molar refractivity (Wildman–Crippen MR) is 117 cm³/mol. The van der Waals surface area contributed by atoms with E-state index in [9.17, 15) is 4.79 Å². The molecule has 158 valence electrons. The lowest BCUT2D eigenvalue weighted by Crippen LogP contribution is -2.35. The highest BCUT2D eigenvalue weighted by atomic mass is 16.5. The predicted octanol–water partition coefficient (Wildman–Crippen LogP) is 3.24. The van der Waals surface area contributed by atoms with Gasteiger partial charge in [0.2, 0.25) is 5.91 Å². The molecule has 30 heavy (non-hydrogen) atoms. The van der Waals surface area contributed by atoms with E-state index in [2.05, 4.69) is 43.8 Å². The number of nitrogens with one attached hydrogen (secondary N) is 1. The van der Waals surface area contributed by atoms with Gasteiger partial charge in [0.1, 0.15) is 11.3 Å². The molecule has 3 aromatic rings. The number of hydrogen-bond acceptors (Lipinski definition) is 5. The molecule has 0 spiro atoms. The number of aromatic nitrogens is 3. The Morgan fingerprint density at radius 3 is 2.73 bits per heavy atom. The van der Waals surface area contributed by atoms with Crippen LogP contribution in [0.3, 0.4) is 0 Å². The molecule has 1 aliphatic heterocycles. The summed E-state index contributed by atoms with van der Waals surface area (Å²) >= 11 is 0. The second-order valence-corrected chi connectivity index (χ2v) is 7.66. The third-order valence-corrected chi connectivity index (χ3v) is 5.35. The van der Waals surface area contributed by atoms with Gasteiger partial charge in [-0.1, -0.05) is 19.1 Å². The van der Waals surface area contributed by atoms with Gasteiger partial charge in [-0.15, -0.1) is 0 Å². The minimum Gasteiger partial charge on any atom is -0.379 e. The molecular weight excluding hydrogens is 378 g/mol. The molecule has 1 saturated heterocycles. The maximum atomic E-state index is 12.5. The fourth-order valence-corrected chi connectivity index (χ4v) is 3.81. The fourth-order valence-electron chi connectivity index (χ4n) is 3.81. The highest BCUT2D eigenvalue weighted by molar-refractivity contribution is 5.90. The molecule has 0 bridgehead atoms. The number of carbonyl (C=O) groups is 1. The lowest BCUT2D eigenvalue weighted by atomic mass is 10.2. The van der Waals surface area contributed by atoms with Crippen LogP contribution in [-0.4, -0.2) is 51.6 Å². The number of nitrogens with zero attached hydrogens (tertiary/aromatic N) is 4. The number of pyridine rings is 1. The second-order valence-electron chi connectivity index (χ2n) is 7.66. The lowest BCUT2D eigenvalue weighted by Gasteiger charge is -2.26. The van der Waals surface area contributed by atoms with Crippen molar-refractivity contribution in [1.29, 1.82) is 0 Å². The number of benzene rings is 1. The van der Waals surface area contributed by atoms with E-state index < -0.39 is 0 Å². The van der Waals surface area contributed by atoms with E-state index in [1.54, 1.807) is 6.20 Å². The van der Waals surface area contributed by atoms with Crippen LogP contribution < -0.4 is 5.32 Å². The minimum atomic E-state index is -0.000932. The van der Waals surface area contributed by atoms with Crippen LogP contribution in [0, 0.1) is 0 Å². The number of rotatable bonds is 8. The monoisotopic (exact) mass is 407 g/mol. The number of morpholine rings is 1.